The van der Waals surface area contributed by atoms with Gasteiger partial charge in [0.2, 0.25) is 0 Å². The highest BCUT2D eigenvalue weighted by molar-refractivity contribution is 5.42. The molecule has 0 aromatic rings. The first-order chi connectivity index (χ1) is 11.1. The second-order valence-electron chi connectivity index (χ2n) is 3.62. The summed E-state index contributed by atoms with van der Waals surface area (Å²) >= 11 is 0. The summed E-state index contributed by atoms with van der Waals surface area (Å²) in [6.07, 6.45) is 10.5. The van der Waals surface area contributed by atoms with Gasteiger partial charge in [-0.15, -0.1) is 0 Å². The second-order valence-corrected chi connectivity index (χ2v) is 3.62. The van der Waals surface area contributed by atoms with Gasteiger partial charge in [-0.2, -0.15) is 0 Å². The molecule has 0 radical (unpaired) electrons. The number of methoxy groups -OCH3 is 1. The average molecular weight is 323 g/mol. The van der Waals surface area contributed by atoms with Gasteiger partial charge < -0.3 is 9.57 Å². The molecule has 0 fully saturated rings. The van der Waals surface area contributed by atoms with Crippen molar-refractivity contribution in [2.45, 2.75) is 41.5 Å². The molecular formula is C19H33NO3. The monoisotopic (exact) mass is 323 g/mol. The van der Waals surface area contributed by atoms with Gasteiger partial charge in [0.05, 0.1) is 12.9 Å². The highest BCUT2D eigenvalue weighted by Crippen LogP contribution is 2.12. The Morgan fingerprint density at radius 3 is 1.87 bits per heavy atom. The summed E-state index contributed by atoms with van der Waals surface area (Å²) in [6.45, 7) is 19.1. The molecule has 0 saturated carbocycles. The van der Waals surface area contributed by atoms with E-state index in [0.29, 0.717) is 5.76 Å². The maximum Gasteiger partial charge on any atom is 0.149 e. The Kier molecular flexibility index (Phi) is 22.5. The van der Waals surface area contributed by atoms with E-state index in [2.05, 4.69) is 13.2 Å². The molecule has 0 bridgehead atoms. The van der Waals surface area contributed by atoms with Gasteiger partial charge in [-0.25, -0.2) is 0 Å². The summed E-state index contributed by atoms with van der Waals surface area (Å²) in [7, 11) is 1.62. The van der Waals surface area contributed by atoms with Crippen LogP contribution in [0.15, 0.2) is 72.3 Å². The average Bonchev–Trinajstić information content (AvgIpc) is 2.62. The van der Waals surface area contributed by atoms with Gasteiger partial charge in [0.15, 0.2) is 0 Å². The number of allylic oxidation sites excluding steroid dienone is 9. The van der Waals surface area contributed by atoms with Crippen LogP contribution >= 0.6 is 0 Å². The van der Waals surface area contributed by atoms with E-state index in [1.165, 1.54) is 6.08 Å². The minimum Gasteiger partial charge on any atom is -0.501 e. The normalized spacial score (nSPS) is 12.2. The first kappa shape index (κ1) is 25.9. The Balaban J connectivity index is -0.000000919. The van der Waals surface area contributed by atoms with Crippen molar-refractivity contribution in [2.24, 2.45) is 0 Å². The number of rotatable bonds is 8. The van der Waals surface area contributed by atoms with Crippen molar-refractivity contribution in [1.29, 1.82) is 0 Å². The van der Waals surface area contributed by atoms with Crippen LogP contribution in [0.2, 0.25) is 0 Å². The zero-order chi connectivity index (χ0) is 18.7. The summed E-state index contributed by atoms with van der Waals surface area (Å²) in [4.78, 5) is 4.70. The minimum absolute atomic E-state index is 0.397. The molecule has 0 aliphatic heterocycles. The number of hydrogen-bond donors (Lipinski definition) is 2. The van der Waals surface area contributed by atoms with Crippen molar-refractivity contribution in [3.63, 3.8) is 0 Å². The molecule has 0 aromatic heterocycles. The van der Waals surface area contributed by atoms with Crippen LogP contribution in [0.5, 0.6) is 0 Å². The van der Waals surface area contributed by atoms with Crippen LogP contribution in [0.25, 0.3) is 0 Å². The van der Waals surface area contributed by atoms with Gasteiger partial charge in [0.25, 0.3) is 0 Å². The molecule has 0 saturated heterocycles. The van der Waals surface area contributed by atoms with E-state index in [1.807, 2.05) is 59.8 Å². The van der Waals surface area contributed by atoms with Gasteiger partial charge in [-0.05, 0) is 48.9 Å². The Labute approximate surface area is 142 Å². The van der Waals surface area contributed by atoms with E-state index in [4.69, 9.17) is 14.8 Å². The highest BCUT2D eigenvalue weighted by atomic mass is 16.8. The lowest BCUT2D eigenvalue weighted by molar-refractivity contribution is -0.0880. The zero-order valence-corrected chi connectivity index (χ0v) is 15.6. The molecule has 0 aliphatic rings. The predicted molar refractivity (Wildman–Crippen MR) is 99.8 cm³/mol. The molecule has 23 heavy (non-hydrogen) atoms. The molecule has 2 N–H and O–H groups in total. The van der Waals surface area contributed by atoms with Crippen LogP contribution < -0.4 is 5.64 Å². The molecule has 0 spiro atoms. The predicted octanol–water partition coefficient (Wildman–Crippen LogP) is 5.63. The topological polar surface area (TPSA) is 50.7 Å². The Bertz CT molecular complexity index is 430. The quantitative estimate of drug-likeness (QED) is 0.345. The second kappa shape index (κ2) is 20.0. The fourth-order valence-corrected chi connectivity index (χ4v) is 1.14. The lowest BCUT2D eigenvalue weighted by atomic mass is 10.1. The lowest BCUT2D eigenvalue weighted by Gasteiger charge is -2.03. The van der Waals surface area contributed by atoms with Crippen molar-refractivity contribution in [1.82, 2.24) is 5.64 Å². The third-order valence-electron chi connectivity index (χ3n) is 2.36. The van der Waals surface area contributed by atoms with Gasteiger partial charge >= 0.3 is 0 Å². The van der Waals surface area contributed by atoms with Gasteiger partial charge in [-0.3, -0.25) is 5.21 Å². The van der Waals surface area contributed by atoms with Crippen LogP contribution in [-0.4, -0.2) is 12.3 Å². The summed E-state index contributed by atoms with van der Waals surface area (Å²) in [6, 6.07) is 0. The first-order valence-corrected chi connectivity index (χ1v) is 7.71. The molecule has 0 aliphatic carbocycles. The standard InChI is InChI=1S/C15H21NO3.2C2H6/c1-6-14(10-9-13(4)18-5)12(3)8-11-15(7-2)19-16-17;2*1-2/h6-11,16-17H,1-2H2,3-5H3;2*1-2H3/b12-8+,13-9+,14-10+,15-11+;;. The van der Waals surface area contributed by atoms with E-state index in [-0.39, 0.29) is 0 Å². The Hall–Kier alpha value is -2.04. The third kappa shape index (κ3) is 14.7. The van der Waals surface area contributed by atoms with E-state index in [1.54, 1.807) is 24.9 Å². The lowest BCUT2D eigenvalue weighted by Crippen LogP contribution is -2.06. The van der Waals surface area contributed by atoms with Crippen molar-refractivity contribution < 1.29 is 14.8 Å². The zero-order valence-electron chi connectivity index (χ0n) is 15.6. The number of nitrogens with one attached hydrogen (secondary N) is 1. The molecule has 0 rings (SSSR count). The van der Waals surface area contributed by atoms with E-state index in [0.717, 1.165) is 16.9 Å². The molecule has 0 amide bonds. The Morgan fingerprint density at radius 1 is 0.913 bits per heavy atom. The highest BCUT2D eigenvalue weighted by Gasteiger charge is 1.95. The summed E-state index contributed by atoms with van der Waals surface area (Å²) in [5, 5.41) is 8.43. The van der Waals surface area contributed by atoms with E-state index < -0.39 is 0 Å². The van der Waals surface area contributed by atoms with Crippen LogP contribution in [0.1, 0.15) is 41.5 Å². The summed E-state index contributed by atoms with van der Waals surface area (Å²) in [5.41, 5.74) is 3.54. The number of ether oxygens (including phenoxy) is 1. The smallest absolute Gasteiger partial charge is 0.149 e. The van der Waals surface area contributed by atoms with Crippen LogP contribution in [0.3, 0.4) is 0 Å². The molecule has 4 heteroatoms. The van der Waals surface area contributed by atoms with Crippen LogP contribution in [0, 0.1) is 0 Å². The summed E-state index contributed by atoms with van der Waals surface area (Å²) in [5.74, 6) is 1.20. The molecule has 0 atom stereocenters. The molecule has 0 unspecified atom stereocenters. The molecule has 0 heterocycles. The van der Waals surface area contributed by atoms with E-state index in [9.17, 15) is 0 Å². The van der Waals surface area contributed by atoms with Gasteiger partial charge in [0.1, 0.15) is 5.76 Å². The fourth-order valence-electron chi connectivity index (χ4n) is 1.14. The van der Waals surface area contributed by atoms with Crippen molar-refractivity contribution in [3.8, 4) is 0 Å². The number of hydrogen-bond acceptors (Lipinski definition) is 4. The largest absolute Gasteiger partial charge is 0.501 e. The molecule has 132 valence electrons. The maximum atomic E-state index is 8.43. The first-order valence-electron chi connectivity index (χ1n) is 7.71. The SMILES string of the molecule is C=C\C(=C/C=C(C)/C(C=C)=C/C=C(\C)OC)ONO.CC.CC. The van der Waals surface area contributed by atoms with Crippen LogP contribution in [0.4, 0.5) is 0 Å². The van der Waals surface area contributed by atoms with Gasteiger partial charge in [-0.1, -0.05) is 59.1 Å². The van der Waals surface area contributed by atoms with Gasteiger partial charge in [0, 0.05) is 0 Å². The molecule has 4 nitrogen and oxygen atoms in total. The van der Waals surface area contributed by atoms with Crippen molar-refractivity contribution in [3.05, 3.63) is 72.3 Å². The van der Waals surface area contributed by atoms with Crippen molar-refractivity contribution in [2.75, 3.05) is 7.11 Å². The fraction of sp³-hybridized carbons (Fsp3) is 0.368. The summed E-state index contributed by atoms with van der Waals surface area (Å²) < 4.78 is 5.05. The maximum absolute atomic E-state index is 8.43. The van der Waals surface area contributed by atoms with Crippen LogP contribution in [-0.2, 0) is 9.57 Å². The Morgan fingerprint density at radius 2 is 1.48 bits per heavy atom. The third-order valence-corrected chi connectivity index (χ3v) is 2.36. The molecular weight excluding hydrogens is 290 g/mol. The van der Waals surface area contributed by atoms with Crippen molar-refractivity contribution >= 4 is 0 Å². The van der Waals surface area contributed by atoms with E-state index >= 15 is 0 Å². The minimum atomic E-state index is 0.397. The molecule has 0 aromatic carbocycles.